The lowest BCUT2D eigenvalue weighted by molar-refractivity contribution is 0.292. The van der Waals surface area contributed by atoms with Gasteiger partial charge in [0.1, 0.15) is 5.82 Å². The Morgan fingerprint density at radius 2 is 1.88 bits per heavy atom. The van der Waals surface area contributed by atoms with E-state index < -0.39 is 0 Å². The number of nitrogens with zero attached hydrogens (tertiary/aromatic N) is 2. The van der Waals surface area contributed by atoms with Crippen LogP contribution in [0, 0.1) is 11.8 Å². The van der Waals surface area contributed by atoms with Crippen LogP contribution in [0.2, 0.25) is 5.02 Å². The van der Waals surface area contributed by atoms with Gasteiger partial charge in [-0.3, -0.25) is 0 Å². The first-order chi connectivity index (χ1) is 15.4. The molecule has 172 valence electrons. The summed E-state index contributed by atoms with van der Waals surface area (Å²) in [5, 5.41) is 8.26. The van der Waals surface area contributed by atoms with Crippen molar-refractivity contribution < 1.29 is 0 Å². The van der Waals surface area contributed by atoms with Crippen molar-refractivity contribution in [2.75, 3.05) is 29.9 Å². The van der Waals surface area contributed by atoms with Crippen LogP contribution in [0.3, 0.4) is 0 Å². The number of halogens is 1. The average molecular weight is 471 g/mol. The van der Waals surface area contributed by atoms with Crippen molar-refractivity contribution in [2.45, 2.75) is 57.8 Å². The van der Waals surface area contributed by atoms with E-state index in [1.807, 2.05) is 12.3 Å². The van der Waals surface area contributed by atoms with Crippen LogP contribution < -0.4 is 15.5 Å². The van der Waals surface area contributed by atoms with Gasteiger partial charge in [-0.25, -0.2) is 4.98 Å². The number of benzene rings is 1. The highest BCUT2D eigenvalue weighted by atomic mass is 35.5. The van der Waals surface area contributed by atoms with E-state index in [1.165, 1.54) is 31.2 Å². The van der Waals surface area contributed by atoms with Gasteiger partial charge in [0.15, 0.2) is 5.11 Å². The molecule has 4 nitrogen and oxygen atoms in total. The quantitative estimate of drug-likeness (QED) is 0.494. The summed E-state index contributed by atoms with van der Waals surface area (Å²) in [6, 6.07) is 12.5. The van der Waals surface area contributed by atoms with Gasteiger partial charge in [-0.05, 0) is 73.1 Å². The molecule has 1 aliphatic carbocycles. The third-order valence-corrected chi connectivity index (χ3v) is 7.52. The van der Waals surface area contributed by atoms with Gasteiger partial charge in [-0.2, -0.15) is 0 Å². The normalized spacial score (nSPS) is 22.9. The zero-order valence-corrected chi connectivity index (χ0v) is 20.8. The van der Waals surface area contributed by atoms with Gasteiger partial charge in [0, 0.05) is 30.1 Å². The third-order valence-electron chi connectivity index (χ3n) is 7.03. The molecule has 2 aromatic rings. The van der Waals surface area contributed by atoms with Crippen LogP contribution in [0.5, 0.6) is 0 Å². The SMILES string of the molecule is C[C@@H]1C[C@@H](C)CN(c2ccc(NC(=S)NCC3(c4cccc(Cl)c4)CCCCC3)cn2)C1. The number of rotatable bonds is 5. The van der Waals surface area contributed by atoms with E-state index in [1.54, 1.807) is 0 Å². The number of anilines is 2. The fourth-order valence-corrected chi connectivity index (χ4v) is 5.92. The predicted octanol–water partition coefficient (Wildman–Crippen LogP) is 6.41. The van der Waals surface area contributed by atoms with Crippen molar-refractivity contribution in [3.63, 3.8) is 0 Å². The van der Waals surface area contributed by atoms with Gasteiger partial charge >= 0.3 is 0 Å². The number of nitrogens with one attached hydrogen (secondary N) is 2. The molecular formula is C26H35ClN4S. The summed E-state index contributed by atoms with van der Waals surface area (Å²) in [6.45, 7) is 7.62. The molecule has 32 heavy (non-hydrogen) atoms. The van der Waals surface area contributed by atoms with Gasteiger partial charge in [-0.15, -0.1) is 0 Å². The smallest absolute Gasteiger partial charge is 0.170 e. The minimum atomic E-state index is 0.0820. The Balaban J connectivity index is 1.36. The Labute approximate surface area is 203 Å². The number of pyridine rings is 1. The standard InChI is InChI=1S/C26H35ClN4S/c1-19-13-20(2)17-31(16-19)24-10-9-23(15-28-24)30-25(32)29-18-26(11-4-3-5-12-26)21-7-6-8-22(27)14-21/h6-10,14-15,19-20H,3-5,11-13,16-18H2,1-2H3,(H2,29,30,32)/t19-,20-/m1/s1. The molecule has 1 saturated carbocycles. The number of piperidine rings is 1. The molecule has 4 rings (SSSR count). The molecule has 2 fully saturated rings. The molecule has 2 heterocycles. The van der Waals surface area contributed by atoms with Gasteiger partial charge in [0.05, 0.1) is 11.9 Å². The second-order valence-corrected chi connectivity index (χ2v) is 10.8. The Hall–Kier alpha value is -1.85. The Morgan fingerprint density at radius 1 is 1.12 bits per heavy atom. The van der Waals surface area contributed by atoms with Crippen molar-refractivity contribution in [2.24, 2.45) is 11.8 Å². The van der Waals surface area contributed by atoms with Crippen molar-refractivity contribution in [3.05, 3.63) is 53.2 Å². The maximum atomic E-state index is 6.31. The number of hydrogen-bond acceptors (Lipinski definition) is 3. The highest BCUT2D eigenvalue weighted by Gasteiger charge is 2.34. The van der Waals surface area contributed by atoms with E-state index in [0.717, 1.165) is 49.0 Å². The van der Waals surface area contributed by atoms with E-state index in [9.17, 15) is 0 Å². The predicted molar refractivity (Wildman–Crippen MR) is 140 cm³/mol. The van der Waals surface area contributed by atoms with Crippen LogP contribution in [0.25, 0.3) is 0 Å². The van der Waals surface area contributed by atoms with Crippen molar-refractivity contribution >= 4 is 40.4 Å². The van der Waals surface area contributed by atoms with Crippen molar-refractivity contribution in [1.82, 2.24) is 10.3 Å². The monoisotopic (exact) mass is 470 g/mol. The zero-order valence-electron chi connectivity index (χ0n) is 19.2. The van der Waals surface area contributed by atoms with E-state index in [-0.39, 0.29) is 5.41 Å². The van der Waals surface area contributed by atoms with Gasteiger partial charge in [0.25, 0.3) is 0 Å². The molecule has 1 aliphatic heterocycles. The average Bonchev–Trinajstić information content (AvgIpc) is 2.78. The summed E-state index contributed by atoms with van der Waals surface area (Å²) in [5.74, 6) is 2.47. The molecule has 6 heteroatoms. The molecule has 0 unspecified atom stereocenters. The molecule has 1 saturated heterocycles. The van der Waals surface area contributed by atoms with E-state index in [4.69, 9.17) is 28.8 Å². The minimum Gasteiger partial charge on any atom is -0.362 e. The molecular weight excluding hydrogens is 436 g/mol. The fourth-order valence-electron chi connectivity index (χ4n) is 5.54. The summed E-state index contributed by atoms with van der Waals surface area (Å²) in [7, 11) is 0. The highest BCUT2D eigenvalue weighted by molar-refractivity contribution is 7.80. The van der Waals surface area contributed by atoms with Gasteiger partial charge in [-0.1, -0.05) is 56.8 Å². The van der Waals surface area contributed by atoms with Crippen LogP contribution in [0.15, 0.2) is 42.6 Å². The summed E-state index contributed by atoms with van der Waals surface area (Å²) in [6.07, 6.45) is 9.30. The summed E-state index contributed by atoms with van der Waals surface area (Å²) in [5.41, 5.74) is 2.32. The molecule has 2 N–H and O–H groups in total. The molecule has 0 bridgehead atoms. The number of thiocarbonyl (C=S) groups is 1. The lowest BCUT2D eigenvalue weighted by Gasteiger charge is -2.38. The van der Waals surface area contributed by atoms with Crippen LogP contribution >= 0.6 is 23.8 Å². The largest absolute Gasteiger partial charge is 0.362 e. The molecule has 2 atom stereocenters. The maximum absolute atomic E-state index is 6.31. The fraction of sp³-hybridized carbons (Fsp3) is 0.538. The second-order valence-electron chi connectivity index (χ2n) is 9.92. The molecule has 0 amide bonds. The van der Waals surface area contributed by atoms with Gasteiger partial charge < -0.3 is 15.5 Å². The molecule has 0 spiro atoms. The Morgan fingerprint density at radius 3 is 2.53 bits per heavy atom. The van der Waals surface area contributed by atoms with E-state index in [2.05, 4.69) is 59.7 Å². The van der Waals surface area contributed by atoms with Crippen LogP contribution in [0.1, 0.15) is 57.9 Å². The first-order valence-corrected chi connectivity index (χ1v) is 12.7. The Kier molecular flexibility index (Phi) is 7.57. The second kappa shape index (κ2) is 10.4. The van der Waals surface area contributed by atoms with E-state index >= 15 is 0 Å². The topological polar surface area (TPSA) is 40.2 Å². The summed E-state index contributed by atoms with van der Waals surface area (Å²) >= 11 is 11.9. The van der Waals surface area contributed by atoms with Crippen LogP contribution in [0.4, 0.5) is 11.5 Å². The first kappa shape index (κ1) is 23.3. The summed E-state index contributed by atoms with van der Waals surface area (Å²) < 4.78 is 0. The zero-order chi connectivity index (χ0) is 22.6. The number of hydrogen-bond donors (Lipinski definition) is 2. The Bertz CT molecular complexity index is 900. The van der Waals surface area contributed by atoms with Crippen molar-refractivity contribution in [1.29, 1.82) is 0 Å². The van der Waals surface area contributed by atoms with E-state index in [0.29, 0.717) is 16.9 Å². The molecule has 2 aliphatic rings. The number of aromatic nitrogens is 1. The first-order valence-electron chi connectivity index (χ1n) is 12.0. The lowest BCUT2D eigenvalue weighted by Crippen LogP contribution is -2.43. The highest BCUT2D eigenvalue weighted by Crippen LogP contribution is 2.39. The van der Waals surface area contributed by atoms with Crippen LogP contribution in [-0.2, 0) is 5.41 Å². The molecule has 1 aromatic heterocycles. The summed E-state index contributed by atoms with van der Waals surface area (Å²) in [4.78, 5) is 7.11. The minimum absolute atomic E-state index is 0.0820. The molecule has 1 aromatic carbocycles. The third kappa shape index (κ3) is 5.74. The van der Waals surface area contributed by atoms with Gasteiger partial charge in [0.2, 0.25) is 0 Å². The molecule has 0 radical (unpaired) electrons. The van der Waals surface area contributed by atoms with Crippen molar-refractivity contribution in [3.8, 4) is 0 Å². The lowest BCUT2D eigenvalue weighted by atomic mass is 9.69. The van der Waals surface area contributed by atoms with Crippen LogP contribution in [-0.4, -0.2) is 29.7 Å². The maximum Gasteiger partial charge on any atom is 0.170 e.